The van der Waals surface area contributed by atoms with Crippen LogP contribution in [-0.2, 0) is 6.54 Å². The molecule has 0 N–H and O–H groups in total. The van der Waals surface area contributed by atoms with Gasteiger partial charge in [-0.3, -0.25) is 19.6 Å². The van der Waals surface area contributed by atoms with Crippen molar-refractivity contribution in [3.05, 3.63) is 87.4 Å². The lowest BCUT2D eigenvalue weighted by Gasteiger charge is -2.26. The Morgan fingerprint density at radius 2 is 2.03 bits per heavy atom. The molecule has 1 fully saturated rings. The van der Waals surface area contributed by atoms with Crippen molar-refractivity contribution in [1.29, 1.82) is 0 Å². The molecular weight excluding hydrogens is 392 g/mol. The van der Waals surface area contributed by atoms with Crippen LogP contribution in [0.4, 0.5) is 0 Å². The van der Waals surface area contributed by atoms with Gasteiger partial charge < -0.3 is 14.2 Å². The van der Waals surface area contributed by atoms with Crippen LogP contribution in [0.1, 0.15) is 51.8 Å². The maximum atomic E-state index is 13.5. The maximum absolute atomic E-state index is 13.5. The average molecular weight is 418 g/mol. The monoisotopic (exact) mass is 418 g/mol. The van der Waals surface area contributed by atoms with Gasteiger partial charge in [-0.1, -0.05) is 12.1 Å². The second-order valence-electron chi connectivity index (χ2n) is 7.89. The fourth-order valence-corrected chi connectivity index (χ4v) is 4.07. The summed E-state index contributed by atoms with van der Waals surface area (Å²) in [5.41, 5.74) is 3.10. The summed E-state index contributed by atoms with van der Waals surface area (Å²) in [6.07, 6.45) is 6.79. The Hall–Kier alpha value is -3.48. The van der Waals surface area contributed by atoms with Gasteiger partial charge >= 0.3 is 0 Å². The minimum Gasteiger partial charge on any atom is -0.497 e. The molecule has 7 heteroatoms. The number of hydrogen-bond acceptors (Lipinski definition) is 5. The van der Waals surface area contributed by atoms with Gasteiger partial charge in [-0.15, -0.1) is 0 Å². The van der Waals surface area contributed by atoms with Gasteiger partial charge in [0.15, 0.2) is 0 Å². The molecule has 0 aliphatic carbocycles. The van der Waals surface area contributed by atoms with E-state index in [-0.39, 0.29) is 29.6 Å². The fourth-order valence-electron chi connectivity index (χ4n) is 4.07. The van der Waals surface area contributed by atoms with Gasteiger partial charge in [-0.05, 0) is 56.0 Å². The molecule has 1 aliphatic rings. The van der Waals surface area contributed by atoms with Crippen LogP contribution < -0.4 is 10.3 Å². The fraction of sp³-hybridized carbons (Fsp3) is 0.333. The lowest BCUT2D eigenvalue weighted by atomic mass is 10.0. The van der Waals surface area contributed by atoms with Crippen LogP contribution in [0.3, 0.4) is 0 Å². The van der Waals surface area contributed by atoms with Gasteiger partial charge in [0.2, 0.25) is 0 Å². The molecule has 1 aliphatic heterocycles. The molecule has 0 bridgehead atoms. The third-order valence-electron chi connectivity index (χ3n) is 5.75. The smallest absolute Gasteiger partial charge is 0.264 e. The SMILES string of the molecule is COc1cccc(C2CCCN2C(=O)c2c(C)ccn(Cc3cnc(C)cn3)c2=O)c1. The average Bonchev–Trinajstić information content (AvgIpc) is 3.27. The number of carbonyl (C=O) groups is 1. The number of carbonyl (C=O) groups excluding carboxylic acids is 1. The highest BCUT2D eigenvalue weighted by Gasteiger charge is 2.33. The van der Waals surface area contributed by atoms with E-state index in [1.807, 2.05) is 42.2 Å². The minimum absolute atomic E-state index is 0.0713. The number of aromatic nitrogens is 3. The van der Waals surface area contributed by atoms with E-state index < -0.39 is 0 Å². The predicted octanol–water partition coefficient (Wildman–Crippen LogP) is 3.29. The third-order valence-corrected chi connectivity index (χ3v) is 5.75. The van der Waals surface area contributed by atoms with Crippen molar-refractivity contribution in [1.82, 2.24) is 19.4 Å². The van der Waals surface area contributed by atoms with Crippen LogP contribution >= 0.6 is 0 Å². The second-order valence-corrected chi connectivity index (χ2v) is 7.89. The van der Waals surface area contributed by atoms with E-state index in [1.54, 1.807) is 32.6 Å². The van der Waals surface area contributed by atoms with Crippen LogP contribution in [0, 0.1) is 13.8 Å². The standard InChI is InChI=1S/C24H26N4O3/c1-16-9-11-27(15-19-14-25-17(2)13-26-19)23(29)22(16)24(30)28-10-5-8-21(28)18-6-4-7-20(12-18)31-3/h4,6-7,9,11-14,21H,5,8,10,15H2,1-3H3. The zero-order valence-electron chi connectivity index (χ0n) is 18.0. The highest BCUT2D eigenvalue weighted by Crippen LogP contribution is 2.34. The first kappa shape index (κ1) is 20.8. The van der Waals surface area contributed by atoms with Crippen molar-refractivity contribution in [2.75, 3.05) is 13.7 Å². The molecule has 0 radical (unpaired) electrons. The highest BCUT2D eigenvalue weighted by molar-refractivity contribution is 5.95. The van der Waals surface area contributed by atoms with E-state index in [0.29, 0.717) is 17.8 Å². The molecular formula is C24H26N4O3. The number of amides is 1. The highest BCUT2D eigenvalue weighted by atomic mass is 16.5. The topological polar surface area (TPSA) is 77.3 Å². The quantitative estimate of drug-likeness (QED) is 0.635. The number of likely N-dealkylation sites (tertiary alicyclic amines) is 1. The minimum atomic E-state index is -0.302. The van der Waals surface area contributed by atoms with Crippen molar-refractivity contribution in [2.24, 2.45) is 0 Å². The van der Waals surface area contributed by atoms with E-state index in [4.69, 9.17) is 4.74 Å². The third kappa shape index (κ3) is 4.21. The number of ether oxygens (including phenoxy) is 1. The van der Waals surface area contributed by atoms with Crippen LogP contribution in [0.5, 0.6) is 5.75 Å². The Balaban J connectivity index is 1.65. The molecule has 1 unspecified atom stereocenters. The Kier molecular flexibility index (Phi) is 5.84. The van der Waals surface area contributed by atoms with Gasteiger partial charge in [0.05, 0.1) is 37.3 Å². The lowest BCUT2D eigenvalue weighted by molar-refractivity contribution is 0.0732. The first-order valence-corrected chi connectivity index (χ1v) is 10.4. The summed E-state index contributed by atoms with van der Waals surface area (Å²) in [6, 6.07) is 9.52. The zero-order chi connectivity index (χ0) is 22.0. The molecule has 0 spiro atoms. The Morgan fingerprint density at radius 3 is 2.77 bits per heavy atom. The number of rotatable bonds is 5. The normalized spacial score (nSPS) is 15.8. The Morgan fingerprint density at radius 1 is 1.19 bits per heavy atom. The Bertz CT molecular complexity index is 1150. The summed E-state index contributed by atoms with van der Waals surface area (Å²) in [7, 11) is 1.63. The van der Waals surface area contributed by atoms with Gasteiger partial charge in [0.1, 0.15) is 11.3 Å². The van der Waals surface area contributed by atoms with Crippen molar-refractivity contribution in [3.63, 3.8) is 0 Å². The van der Waals surface area contributed by atoms with Crippen LogP contribution in [0.2, 0.25) is 0 Å². The molecule has 1 amide bonds. The van der Waals surface area contributed by atoms with Crippen molar-refractivity contribution < 1.29 is 9.53 Å². The molecule has 2 aromatic heterocycles. The number of nitrogens with zero attached hydrogens (tertiary/aromatic N) is 4. The number of methoxy groups -OCH3 is 1. The van der Waals surface area contributed by atoms with Crippen molar-refractivity contribution in [3.8, 4) is 5.75 Å². The van der Waals surface area contributed by atoms with Crippen LogP contribution in [-0.4, -0.2) is 39.0 Å². The number of aryl methyl sites for hydroxylation is 2. The summed E-state index contributed by atoms with van der Waals surface area (Å²) in [6.45, 7) is 4.56. The molecule has 3 aromatic rings. The predicted molar refractivity (Wildman–Crippen MR) is 117 cm³/mol. The number of benzene rings is 1. The van der Waals surface area contributed by atoms with Gasteiger partial charge in [0.25, 0.3) is 11.5 Å². The molecule has 4 rings (SSSR count). The molecule has 1 saturated heterocycles. The van der Waals surface area contributed by atoms with E-state index in [0.717, 1.165) is 29.8 Å². The zero-order valence-corrected chi connectivity index (χ0v) is 18.0. The maximum Gasteiger partial charge on any atom is 0.264 e. The largest absolute Gasteiger partial charge is 0.497 e. The van der Waals surface area contributed by atoms with Gasteiger partial charge in [0, 0.05) is 18.9 Å². The van der Waals surface area contributed by atoms with E-state index in [2.05, 4.69) is 9.97 Å². The molecule has 31 heavy (non-hydrogen) atoms. The number of hydrogen-bond donors (Lipinski definition) is 0. The van der Waals surface area contributed by atoms with Crippen LogP contribution in [0.25, 0.3) is 0 Å². The molecule has 3 heterocycles. The summed E-state index contributed by atoms with van der Waals surface area (Å²) in [5.74, 6) is 0.534. The van der Waals surface area contributed by atoms with E-state index in [9.17, 15) is 9.59 Å². The summed E-state index contributed by atoms with van der Waals surface area (Å²) in [5, 5.41) is 0. The summed E-state index contributed by atoms with van der Waals surface area (Å²) >= 11 is 0. The molecule has 160 valence electrons. The first-order chi connectivity index (χ1) is 15.0. The lowest BCUT2D eigenvalue weighted by Crippen LogP contribution is -2.37. The molecule has 1 aromatic carbocycles. The molecule has 1 atom stereocenters. The summed E-state index contributed by atoms with van der Waals surface area (Å²) < 4.78 is 6.87. The van der Waals surface area contributed by atoms with Crippen molar-refractivity contribution in [2.45, 2.75) is 39.3 Å². The van der Waals surface area contributed by atoms with Crippen molar-refractivity contribution >= 4 is 5.91 Å². The van der Waals surface area contributed by atoms with Crippen LogP contribution in [0.15, 0.2) is 53.7 Å². The van der Waals surface area contributed by atoms with Gasteiger partial charge in [-0.2, -0.15) is 0 Å². The molecule has 0 saturated carbocycles. The van der Waals surface area contributed by atoms with Gasteiger partial charge in [-0.25, -0.2) is 0 Å². The second kappa shape index (κ2) is 8.71. The molecule has 7 nitrogen and oxygen atoms in total. The summed E-state index contributed by atoms with van der Waals surface area (Å²) in [4.78, 5) is 37.2. The van der Waals surface area contributed by atoms with E-state index in [1.165, 1.54) is 4.57 Å². The number of pyridine rings is 1. The Labute approximate surface area is 181 Å². The first-order valence-electron chi connectivity index (χ1n) is 10.4. The van der Waals surface area contributed by atoms with E-state index >= 15 is 0 Å².